The SMILES string of the molecule is O=c1oc2ccccc2cc1-c1cccc(-c2cc3ccccc3oc2=O)n1. The van der Waals surface area contributed by atoms with Crippen molar-refractivity contribution >= 4 is 21.9 Å². The monoisotopic (exact) mass is 367 g/mol. The Bertz CT molecular complexity index is 1350. The maximum absolute atomic E-state index is 12.4. The van der Waals surface area contributed by atoms with Crippen molar-refractivity contribution in [2.45, 2.75) is 0 Å². The summed E-state index contributed by atoms with van der Waals surface area (Å²) >= 11 is 0. The summed E-state index contributed by atoms with van der Waals surface area (Å²) in [6.45, 7) is 0. The van der Waals surface area contributed by atoms with Crippen molar-refractivity contribution < 1.29 is 8.83 Å². The average molecular weight is 367 g/mol. The molecule has 0 aliphatic rings. The molecule has 0 saturated heterocycles. The van der Waals surface area contributed by atoms with E-state index >= 15 is 0 Å². The van der Waals surface area contributed by atoms with Crippen LogP contribution in [-0.4, -0.2) is 4.98 Å². The van der Waals surface area contributed by atoms with E-state index in [9.17, 15) is 9.59 Å². The first kappa shape index (κ1) is 16.2. The van der Waals surface area contributed by atoms with Gasteiger partial charge in [0.2, 0.25) is 0 Å². The van der Waals surface area contributed by atoms with Gasteiger partial charge in [-0.1, -0.05) is 42.5 Å². The number of fused-ring (bicyclic) bond motifs is 2. The lowest BCUT2D eigenvalue weighted by Crippen LogP contribution is -2.06. The van der Waals surface area contributed by atoms with Gasteiger partial charge >= 0.3 is 11.3 Å². The first-order valence-electron chi connectivity index (χ1n) is 8.73. The number of benzene rings is 2. The number of hydrogen-bond acceptors (Lipinski definition) is 5. The molecule has 5 nitrogen and oxygen atoms in total. The molecular formula is C23H13NO4. The molecule has 0 bridgehead atoms. The molecule has 5 rings (SSSR count). The third-order valence-electron chi connectivity index (χ3n) is 4.58. The first-order valence-corrected chi connectivity index (χ1v) is 8.73. The molecule has 0 spiro atoms. The van der Waals surface area contributed by atoms with Crippen LogP contribution in [0.1, 0.15) is 0 Å². The molecule has 3 aromatic heterocycles. The van der Waals surface area contributed by atoms with Gasteiger partial charge in [-0.15, -0.1) is 0 Å². The molecule has 5 heteroatoms. The second kappa shape index (κ2) is 6.32. The molecule has 0 unspecified atom stereocenters. The van der Waals surface area contributed by atoms with Crippen molar-refractivity contribution in [1.82, 2.24) is 4.98 Å². The zero-order valence-electron chi connectivity index (χ0n) is 14.6. The molecule has 0 radical (unpaired) electrons. The predicted octanol–water partition coefficient (Wildman–Crippen LogP) is 4.63. The summed E-state index contributed by atoms with van der Waals surface area (Å²) in [7, 11) is 0. The molecule has 0 amide bonds. The molecule has 3 heterocycles. The molecule has 2 aromatic carbocycles. The van der Waals surface area contributed by atoms with Gasteiger partial charge in [0.05, 0.1) is 22.5 Å². The van der Waals surface area contributed by atoms with E-state index in [-0.39, 0.29) is 0 Å². The smallest absolute Gasteiger partial charge is 0.345 e. The normalized spacial score (nSPS) is 11.1. The van der Waals surface area contributed by atoms with Crippen LogP contribution in [0.4, 0.5) is 0 Å². The van der Waals surface area contributed by atoms with Crippen molar-refractivity contribution in [2.24, 2.45) is 0 Å². The molecule has 0 N–H and O–H groups in total. The standard InChI is InChI=1S/C23H13NO4/c25-22-16(12-14-6-1-3-10-20(14)27-22)18-8-5-9-19(24-18)17-13-15-7-2-4-11-21(15)28-23(17)26/h1-13H. The lowest BCUT2D eigenvalue weighted by atomic mass is 10.1. The Kier molecular flexibility index (Phi) is 3.66. The summed E-state index contributed by atoms with van der Waals surface area (Å²) in [6.07, 6.45) is 0. The topological polar surface area (TPSA) is 73.3 Å². The summed E-state index contributed by atoms with van der Waals surface area (Å²) in [4.78, 5) is 29.4. The fraction of sp³-hybridized carbons (Fsp3) is 0. The minimum absolute atomic E-state index is 0.339. The largest absolute Gasteiger partial charge is 0.422 e. The van der Waals surface area contributed by atoms with Gasteiger partial charge in [-0.3, -0.25) is 0 Å². The zero-order chi connectivity index (χ0) is 19.1. The fourth-order valence-corrected chi connectivity index (χ4v) is 3.22. The first-order chi connectivity index (χ1) is 13.7. The Labute approximate surface area is 158 Å². The highest BCUT2D eigenvalue weighted by Gasteiger charge is 2.13. The van der Waals surface area contributed by atoms with E-state index in [1.807, 2.05) is 36.4 Å². The maximum atomic E-state index is 12.4. The molecular weight excluding hydrogens is 354 g/mol. The van der Waals surface area contributed by atoms with Crippen LogP contribution < -0.4 is 11.3 Å². The Hall–Kier alpha value is -3.99. The van der Waals surface area contributed by atoms with Crippen LogP contribution in [-0.2, 0) is 0 Å². The van der Waals surface area contributed by atoms with Crippen LogP contribution in [0, 0.1) is 0 Å². The van der Waals surface area contributed by atoms with Crippen LogP contribution in [0.2, 0.25) is 0 Å². The molecule has 5 aromatic rings. The highest BCUT2D eigenvalue weighted by Crippen LogP contribution is 2.24. The zero-order valence-corrected chi connectivity index (χ0v) is 14.6. The lowest BCUT2D eigenvalue weighted by Gasteiger charge is -2.05. The van der Waals surface area contributed by atoms with Gasteiger partial charge in [0, 0.05) is 10.8 Å². The average Bonchev–Trinajstić information content (AvgIpc) is 2.73. The minimum atomic E-state index is -0.478. The fourth-order valence-electron chi connectivity index (χ4n) is 3.22. The van der Waals surface area contributed by atoms with E-state index in [4.69, 9.17) is 8.83 Å². The predicted molar refractivity (Wildman–Crippen MR) is 107 cm³/mol. The van der Waals surface area contributed by atoms with Crippen molar-refractivity contribution in [3.63, 3.8) is 0 Å². The van der Waals surface area contributed by atoms with E-state index in [1.165, 1.54) is 0 Å². The van der Waals surface area contributed by atoms with E-state index < -0.39 is 11.3 Å². The highest BCUT2D eigenvalue weighted by atomic mass is 16.4. The summed E-state index contributed by atoms with van der Waals surface area (Å²) < 4.78 is 10.8. The van der Waals surface area contributed by atoms with Gasteiger partial charge in [0.15, 0.2) is 0 Å². The number of aromatic nitrogens is 1. The van der Waals surface area contributed by atoms with Crippen molar-refractivity contribution in [1.29, 1.82) is 0 Å². The van der Waals surface area contributed by atoms with Crippen LogP contribution in [0.25, 0.3) is 44.5 Å². The number of hydrogen-bond donors (Lipinski definition) is 0. The number of para-hydroxylation sites is 2. The summed E-state index contributed by atoms with van der Waals surface area (Å²) in [5, 5.41) is 1.60. The third-order valence-corrected chi connectivity index (χ3v) is 4.58. The molecule has 0 aliphatic heterocycles. The van der Waals surface area contributed by atoms with Gasteiger partial charge in [-0.05, 0) is 36.4 Å². The number of nitrogens with zero attached hydrogens (tertiary/aromatic N) is 1. The van der Waals surface area contributed by atoms with E-state index in [1.54, 1.807) is 42.5 Å². The highest BCUT2D eigenvalue weighted by molar-refractivity contribution is 5.82. The second-order valence-corrected chi connectivity index (χ2v) is 6.38. The third kappa shape index (κ3) is 2.70. The van der Waals surface area contributed by atoms with Crippen LogP contribution in [0.5, 0.6) is 0 Å². The summed E-state index contributed by atoms with van der Waals surface area (Å²) in [6, 6.07) is 23.2. The van der Waals surface area contributed by atoms with Crippen molar-refractivity contribution in [3.05, 3.63) is 99.7 Å². The van der Waals surface area contributed by atoms with Gasteiger partial charge in [-0.25, -0.2) is 14.6 Å². The van der Waals surface area contributed by atoms with Crippen molar-refractivity contribution in [2.75, 3.05) is 0 Å². The van der Waals surface area contributed by atoms with E-state index in [0.717, 1.165) is 10.8 Å². The molecule has 0 aliphatic carbocycles. The Morgan fingerprint density at radius 1 is 0.571 bits per heavy atom. The summed E-state index contributed by atoms with van der Waals surface area (Å²) in [5.41, 5.74) is 1.62. The molecule has 0 fully saturated rings. The Morgan fingerprint density at radius 3 is 1.54 bits per heavy atom. The van der Waals surface area contributed by atoms with Gasteiger partial charge in [0.1, 0.15) is 11.2 Å². The van der Waals surface area contributed by atoms with E-state index in [2.05, 4.69) is 4.98 Å². The van der Waals surface area contributed by atoms with Crippen LogP contribution in [0.15, 0.2) is 97.3 Å². The van der Waals surface area contributed by atoms with Crippen molar-refractivity contribution in [3.8, 4) is 22.5 Å². The van der Waals surface area contributed by atoms with Crippen LogP contribution >= 0.6 is 0 Å². The van der Waals surface area contributed by atoms with Gasteiger partial charge in [-0.2, -0.15) is 0 Å². The maximum Gasteiger partial charge on any atom is 0.345 e. The molecule has 0 saturated carbocycles. The molecule has 28 heavy (non-hydrogen) atoms. The number of pyridine rings is 1. The molecule has 134 valence electrons. The van der Waals surface area contributed by atoms with Crippen LogP contribution in [0.3, 0.4) is 0 Å². The lowest BCUT2D eigenvalue weighted by molar-refractivity contribution is 0.563. The minimum Gasteiger partial charge on any atom is -0.422 e. The number of rotatable bonds is 2. The Morgan fingerprint density at radius 2 is 1.04 bits per heavy atom. The van der Waals surface area contributed by atoms with Gasteiger partial charge < -0.3 is 8.83 Å². The summed E-state index contributed by atoms with van der Waals surface area (Å²) in [5.74, 6) is 0. The van der Waals surface area contributed by atoms with E-state index in [0.29, 0.717) is 33.7 Å². The van der Waals surface area contributed by atoms with Gasteiger partial charge in [0.25, 0.3) is 0 Å². The quantitative estimate of drug-likeness (QED) is 0.425. The molecule has 0 atom stereocenters. The second-order valence-electron chi connectivity index (χ2n) is 6.38. The Balaban J connectivity index is 1.69.